The van der Waals surface area contributed by atoms with Gasteiger partial charge in [-0.1, -0.05) is 31.9 Å². The summed E-state index contributed by atoms with van der Waals surface area (Å²) < 4.78 is 12.3. The van der Waals surface area contributed by atoms with E-state index in [1.165, 1.54) is 6.42 Å². The molecule has 0 aromatic heterocycles. The Kier molecular flexibility index (Phi) is 5.39. The number of nitrogens with two attached hydrogens (primary N) is 1. The van der Waals surface area contributed by atoms with Crippen molar-refractivity contribution in [2.75, 3.05) is 16.8 Å². The SMILES string of the molecule is Cc1cccc(N)c1NC(=O)CS(=O)C1CCCC(C)C1. The van der Waals surface area contributed by atoms with Crippen LogP contribution in [-0.2, 0) is 15.6 Å². The summed E-state index contributed by atoms with van der Waals surface area (Å²) in [6.07, 6.45) is 4.26. The number of anilines is 2. The van der Waals surface area contributed by atoms with E-state index in [0.717, 1.165) is 24.8 Å². The Morgan fingerprint density at radius 2 is 2.19 bits per heavy atom. The lowest BCUT2D eigenvalue weighted by Gasteiger charge is -2.25. The third kappa shape index (κ3) is 4.30. The summed E-state index contributed by atoms with van der Waals surface area (Å²) in [5.74, 6) is 0.459. The van der Waals surface area contributed by atoms with E-state index in [-0.39, 0.29) is 16.9 Å². The highest BCUT2D eigenvalue weighted by Gasteiger charge is 2.25. The first kappa shape index (κ1) is 16.0. The monoisotopic (exact) mass is 308 g/mol. The molecule has 3 atom stereocenters. The minimum Gasteiger partial charge on any atom is -0.397 e. The van der Waals surface area contributed by atoms with Crippen molar-refractivity contribution in [2.45, 2.75) is 44.8 Å². The average Bonchev–Trinajstić information content (AvgIpc) is 2.43. The van der Waals surface area contributed by atoms with Crippen molar-refractivity contribution in [2.24, 2.45) is 5.92 Å². The number of benzene rings is 1. The molecule has 0 bridgehead atoms. The van der Waals surface area contributed by atoms with Crippen molar-refractivity contribution in [1.29, 1.82) is 0 Å². The molecule has 116 valence electrons. The molecule has 3 N–H and O–H groups in total. The van der Waals surface area contributed by atoms with Gasteiger partial charge in [-0.2, -0.15) is 0 Å². The standard InChI is InChI=1S/C16H24N2O2S/c1-11-5-3-7-13(9-11)21(20)10-15(19)18-16-12(2)6-4-8-14(16)17/h4,6,8,11,13H,3,5,7,9-10,17H2,1-2H3,(H,18,19). The lowest BCUT2D eigenvalue weighted by molar-refractivity contribution is -0.113. The van der Waals surface area contributed by atoms with Gasteiger partial charge in [-0.05, 0) is 37.3 Å². The van der Waals surface area contributed by atoms with Gasteiger partial charge in [0.05, 0.1) is 11.4 Å². The van der Waals surface area contributed by atoms with Crippen LogP contribution in [0.4, 0.5) is 11.4 Å². The van der Waals surface area contributed by atoms with E-state index in [2.05, 4.69) is 12.2 Å². The molecule has 5 heteroatoms. The van der Waals surface area contributed by atoms with E-state index in [1.807, 2.05) is 19.1 Å². The van der Waals surface area contributed by atoms with Crippen LogP contribution in [-0.4, -0.2) is 21.1 Å². The predicted molar refractivity (Wildman–Crippen MR) is 88.7 cm³/mol. The van der Waals surface area contributed by atoms with Crippen molar-refractivity contribution < 1.29 is 9.00 Å². The number of para-hydroxylation sites is 1. The summed E-state index contributed by atoms with van der Waals surface area (Å²) in [4.78, 5) is 12.1. The fraction of sp³-hybridized carbons (Fsp3) is 0.562. The van der Waals surface area contributed by atoms with Gasteiger partial charge in [-0.25, -0.2) is 0 Å². The van der Waals surface area contributed by atoms with E-state index >= 15 is 0 Å². The van der Waals surface area contributed by atoms with E-state index < -0.39 is 10.8 Å². The zero-order valence-corrected chi connectivity index (χ0v) is 13.5. The predicted octanol–water partition coefficient (Wildman–Crippen LogP) is 2.84. The first-order valence-electron chi connectivity index (χ1n) is 7.49. The molecule has 21 heavy (non-hydrogen) atoms. The Labute approximate surface area is 129 Å². The van der Waals surface area contributed by atoms with Gasteiger partial charge in [0.2, 0.25) is 5.91 Å². The molecule has 1 fully saturated rings. The molecule has 1 aliphatic rings. The maximum absolute atomic E-state index is 12.3. The fourth-order valence-corrected chi connectivity index (χ4v) is 4.44. The number of hydrogen-bond donors (Lipinski definition) is 2. The quantitative estimate of drug-likeness (QED) is 0.840. The molecule has 1 aromatic rings. The van der Waals surface area contributed by atoms with Crippen LogP contribution >= 0.6 is 0 Å². The molecule has 0 heterocycles. The largest absolute Gasteiger partial charge is 0.397 e. The molecule has 2 rings (SSSR count). The van der Waals surface area contributed by atoms with Gasteiger partial charge in [0, 0.05) is 16.0 Å². The van der Waals surface area contributed by atoms with Gasteiger partial charge in [0.25, 0.3) is 0 Å². The Morgan fingerprint density at radius 1 is 1.43 bits per heavy atom. The van der Waals surface area contributed by atoms with Crippen molar-refractivity contribution in [3.63, 3.8) is 0 Å². The molecule has 0 aliphatic heterocycles. The summed E-state index contributed by atoms with van der Waals surface area (Å²) in [5, 5.41) is 2.96. The van der Waals surface area contributed by atoms with E-state index in [1.54, 1.807) is 6.07 Å². The lowest BCUT2D eigenvalue weighted by Crippen LogP contribution is -2.29. The molecule has 4 nitrogen and oxygen atoms in total. The second-order valence-electron chi connectivity index (χ2n) is 6.01. The van der Waals surface area contributed by atoms with Crippen molar-refractivity contribution in [1.82, 2.24) is 0 Å². The molecule has 0 spiro atoms. The average molecular weight is 308 g/mol. The number of nitrogen functional groups attached to an aromatic ring is 1. The van der Waals surface area contributed by atoms with E-state index in [9.17, 15) is 9.00 Å². The minimum absolute atomic E-state index is 0.0607. The molecule has 0 saturated heterocycles. The highest BCUT2D eigenvalue weighted by molar-refractivity contribution is 7.86. The molecule has 1 saturated carbocycles. The minimum atomic E-state index is -1.10. The van der Waals surface area contributed by atoms with Crippen molar-refractivity contribution in [3.8, 4) is 0 Å². The van der Waals surface area contributed by atoms with Gasteiger partial charge < -0.3 is 11.1 Å². The molecular formula is C16H24N2O2S. The first-order valence-corrected chi connectivity index (χ1v) is 8.87. The van der Waals surface area contributed by atoms with Crippen LogP contribution in [0, 0.1) is 12.8 Å². The van der Waals surface area contributed by atoms with Crippen molar-refractivity contribution in [3.05, 3.63) is 23.8 Å². The number of nitrogens with one attached hydrogen (secondary N) is 1. The highest BCUT2D eigenvalue weighted by Crippen LogP contribution is 2.27. The smallest absolute Gasteiger partial charge is 0.237 e. The Morgan fingerprint density at radius 3 is 2.86 bits per heavy atom. The normalized spacial score (nSPS) is 23.5. The third-order valence-electron chi connectivity index (χ3n) is 4.10. The Hall–Kier alpha value is -1.36. The van der Waals surface area contributed by atoms with Crippen LogP contribution in [0.5, 0.6) is 0 Å². The number of carbonyl (C=O) groups is 1. The van der Waals surface area contributed by atoms with Crippen molar-refractivity contribution >= 4 is 28.1 Å². The van der Waals surface area contributed by atoms with Crippen LogP contribution < -0.4 is 11.1 Å². The fourth-order valence-electron chi connectivity index (χ4n) is 2.90. The Balaban J connectivity index is 1.94. The van der Waals surface area contributed by atoms with Crippen LogP contribution in [0.3, 0.4) is 0 Å². The van der Waals surface area contributed by atoms with Crippen LogP contribution in [0.1, 0.15) is 38.2 Å². The van der Waals surface area contributed by atoms with Crippen LogP contribution in [0.25, 0.3) is 0 Å². The number of rotatable bonds is 4. The summed E-state index contributed by atoms with van der Waals surface area (Å²) in [7, 11) is -1.10. The summed E-state index contributed by atoms with van der Waals surface area (Å²) in [6, 6.07) is 5.50. The summed E-state index contributed by atoms with van der Waals surface area (Å²) >= 11 is 0. The zero-order valence-electron chi connectivity index (χ0n) is 12.7. The highest BCUT2D eigenvalue weighted by atomic mass is 32.2. The first-order chi connectivity index (χ1) is 9.97. The molecule has 0 radical (unpaired) electrons. The number of amides is 1. The molecule has 1 aromatic carbocycles. The van der Waals surface area contributed by atoms with Gasteiger partial charge >= 0.3 is 0 Å². The topological polar surface area (TPSA) is 72.2 Å². The third-order valence-corrected chi connectivity index (χ3v) is 5.82. The second kappa shape index (κ2) is 7.07. The number of aryl methyl sites for hydroxylation is 1. The molecule has 3 unspecified atom stereocenters. The second-order valence-corrected chi connectivity index (χ2v) is 7.72. The molecule has 1 aliphatic carbocycles. The lowest BCUT2D eigenvalue weighted by atomic mass is 9.91. The number of carbonyl (C=O) groups excluding carboxylic acids is 1. The van der Waals surface area contributed by atoms with Gasteiger partial charge in [0.15, 0.2) is 0 Å². The maximum Gasteiger partial charge on any atom is 0.237 e. The van der Waals surface area contributed by atoms with Gasteiger partial charge in [0.1, 0.15) is 5.75 Å². The zero-order chi connectivity index (χ0) is 15.4. The molecule has 1 amide bonds. The van der Waals surface area contributed by atoms with Gasteiger partial charge in [-0.15, -0.1) is 0 Å². The number of hydrogen-bond acceptors (Lipinski definition) is 3. The van der Waals surface area contributed by atoms with Crippen LogP contribution in [0.15, 0.2) is 18.2 Å². The maximum atomic E-state index is 12.3. The Bertz CT molecular complexity index is 525. The van der Waals surface area contributed by atoms with E-state index in [4.69, 9.17) is 5.73 Å². The van der Waals surface area contributed by atoms with E-state index in [0.29, 0.717) is 17.3 Å². The van der Waals surface area contributed by atoms with Gasteiger partial charge in [-0.3, -0.25) is 9.00 Å². The summed E-state index contributed by atoms with van der Waals surface area (Å²) in [6.45, 7) is 4.09. The summed E-state index contributed by atoms with van der Waals surface area (Å²) in [5.41, 5.74) is 7.97. The van der Waals surface area contributed by atoms with Crippen LogP contribution in [0.2, 0.25) is 0 Å². The molecular weight excluding hydrogens is 284 g/mol.